The summed E-state index contributed by atoms with van der Waals surface area (Å²) in [5, 5.41) is 3.34. The van der Waals surface area contributed by atoms with E-state index in [1.807, 2.05) is 36.2 Å². The summed E-state index contributed by atoms with van der Waals surface area (Å²) in [4.78, 5) is 14.6. The van der Waals surface area contributed by atoms with E-state index in [1.54, 1.807) is 0 Å². The number of nitrogens with zero attached hydrogens (tertiary/aromatic N) is 1. The van der Waals surface area contributed by atoms with Crippen molar-refractivity contribution in [3.63, 3.8) is 0 Å². The molecule has 1 unspecified atom stereocenters. The number of para-hydroxylation sites is 1. The fourth-order valence-corrected chi connectivity index (χ4v) is 2.05. The Balaban J connectivity index is 3.03. The molecular formula is C17H28N2O. The molecular weight excluding hydrogens is 248 g/mol. The third kappa shape index (κ3) is 3.99. The molecule has 0 aliphatic heterocycles. The first kappa shape index (κ1) is 16.5. The average Bonchev–Trinajstić information content (AvgIpc) is 2.35. The van der Waals surface area contributed by atoms with Gasteiger partial charge in [-0.2, -0.15) is 0 Å². The molecule has 112 valence electrons. The molecule has 1 N–H and O–H groups in total. The highest BCUT2D eigenvalue weighted by Gasteiger charge is 2.28. The van der Waals surface area contributed by atoms with Crippen molar-refractivity contribution >= 4 is 11.6 Å². The standard InChI is InChI=1S/C17H28N2O/c1-12(2)18-15-11-9-8-10-14(15)16(20)19(7)13(3)17(4,5)6/h8-13,18H,1-7H3. The molecule has 1 aromatic carbocycles. The predicted octanol–water partition coefficient (Wildman–Crippen LogP) is 4.01. The van der Waals surface area contributed by atoms with Crippen molar-refractivity contribution in [2.24, 2.45) is 5.41 Å². The van der Waals surface area contributed by atoms with E-state index in [4.69, 9.17) is 0 Å². The molecule has 0 aliphatic rings. The predicted molar refractivity (Wildman–Crippen MR) is 86.2 cm³/mol. The summed E-state index contributed by atoms with van der Waals surface area (Å²) >= 11 is 0. The summed E-state index contributed by atoms with van der Waals surface area (Å²) in [6.45, 7) is 12.7. The van der Waals surface area contributed by atoms with E-state index in [2.05, 4.69) is 46.9 Å². The molecule has 0 saturated carbocycles. The van der Waals surface area contributed by atoms with Crippen LogP contribution in [0.5, 0.6) is 0 Å². The maximum absolute atomic E-state index is 12.7. The molecule has 1 amide bonds. The van der Waals surface area contributed by atoms with E-state index in [0.717, 1.165) is 11.3 Å². The van der Waals surface area contributed by atoms with E-state index in [0.29, 0.717) is 6.04 Å². The van der Waals surface area contributed by atoms with Gasteiger partial charge < -0.3 is 10.2 Å². The molecule has 0 bridgehead atoms. The fourth-order valence-electron chi connectivity index (χ4n) is 2.05. The number of amides is 1. The van der Waals surface area contributed by atoms with Gasteiger partial charge in [-0.05, 0) is 38.3 Å². The number of anilines is 1. The summed E-state index contributed by atoms with van der Waals surface area (Å²) in [7, 11) is 1.88. The lowest BCUT2D eigenvalue weighted by atomic mass is 9.87. The first-order valence-electron chi connectivity index (χ1n) is 7.27. The molecule has 0 spiro atoms. The summed E-state index contributed by atoms with van der Waals surface area (Å²) < 4.78 is 0. The lowest BCUT2D eigenvalue weighted by Crippen LogP contribution is -2.43. The van der Waals surface area contributed by atoms with Crippen molar-refractivity contribution in [2.75, 3.05) is 12.4 Å². The molecule has 0 saturated heterocycles. The topological polar surface area (TPSA) is 32.3 Å². The van der Waals surface area contributed by atoms with Crippen molar-refractivity contribution in [1.82, 2.24) is 4.90 Å². The number of rotatable bonds is 4. The quantitative estimate of drug-likeness (QED) is 0.901. The molecule has 20 heavy (non-hydrogen) atoms. The minimum Gasteiger partial charge on any atom is -0.382 e. The van der Waals surface area contributed by atoms with Crippen LogP contribution in [0.25, 0.3) is 0 Å². The summed E-state index contributed by atoms with van der Waals surface area (Å²) in [6.07, 6.45) is 0. The second-order valence-electron chi connectivity index (χ2n) is 6.80. The second kappa shape index (κ2) is 6.29. The van der Waals surface area contributed by atoms with E-state index in [1.165, 1.54) is 0 Å². The molecule has 1 aromatic rings. The van der Waals surface area contributed by atoms with Crippen LogP contribution in [0, 0.1) is 5.41 Å². The van der Waals surface area contributed by atoms with Gasteiger partial charge >= 0.3 is 0 Å². The van der Waals surface area contributed by atoms with Crippen molar-refractivity contribution in [2.45, 2.75) is 53.6 Å². The third-order valence-corrected chi connectivity index (χ3v) is 3.76. The van der Waals surface area contributed by atoms with Gasteiger partial charge in [-0.3, -0.25) is 4.79 Å². The highest BCUT2D eigenvalue weighted by atomic mass is 16.2. The first-order chi connectivity index (χ1) is 9.14. The van der Waals surface area contributed by atoms with Crippen molar-refractivity contribution in [1.29, 1.82) is 0 Å². The van der Waals surface area contributed by atoms with Gasteiger partial charge in [0.15, 0.2) is 0 Å². The zero-order valence-corrected chi connectivity index (χ0v) is 13.8. The SMILES string of the molecule is CC(C)Nc1ccccc1C(=O)N(C)C(C)C(C)(C)C. The van der Waals surface area contributed by atoms with Crippen LogP contribution in [0.1, 0.15) is 51.9 Å². The Labute approximate surface area is 123 Å². The zero-order chi connectivity index (χ0) is 15.5. The van der Waals surface area contributed by atoms with Gasteiger partial charge in [0.25, 0.3) is 5.91 Å². The van der Waals surface area contributed by atoms with Gasteiger partial charge in [0.2, 0.25) is 0 Å². The van der Waals surface area contributed by atoms with Gasteiger partial charge in [-0.25, -0.2) is 0 Å². The van der Waals surface area contributed by atoms with Gasteiger partial charge in [0, 0.05) is 24.8 Å². The molecule has 1 rings (SSSR count). The van der Waals surface area contributed by atoms with Crippen molar-refractivity contribution in [3.8, 4) is 0 Å². The number of benzene rings is 1. The number of nitrogens with one attached hydrogen (secondary N) is 1. The van der Waals surface area contributed by atoms with E-state index >= 15 is 0 Å². The molecule has 3 heteroatoms. The normalized spacial score (nSPS) is 13.2. The Bertz CT molecular complexity index is 460. The number of hydrogen-bond acceptors (Lipinski definition) is 2. The Morgan fingerprint density at radius 2 is 1.70 bits per heavy atom. The minimum atomic E-state index is 0.0603. The van der Waals surface area contributed by atoms with E-state index < -0.39 is 0 Å². The van der Waals surface area contributed by atoms with Gasteiger partial charge in [-0.15, -0.1) is 0 Å². The van der Waals surface area contributed by atoms with Crippen LogP contribution in [0.4, 0.5) is 5.69 Å². The highest BCUT2D eigenvalue weighted by Crippen LogP contribution is 2.26. The van der Waals surface area contributed by atoms with Gasteiger partial charge in [-0.1, -0.05) is 32.9 Å². The first-order valence-corrected chi connectivity index (χ1v) is 7.27. The zero-order valence-electron chi connectivity index (χ0n) is 13.8. The molecule has 3 nitrogen and oxygen atoms in total. The molecule has 1 atom stereocenters. The monoisotopic (exact) mass is 276 g/mol. The number of carbonyl (C=O) groups excluding carboxylic acids is 1. The molecule has 0 fully saturated rings. The van der Waals surface area contributed by atoms with Crippen LogP contribution in [-0.2, 0) is 0 Å². The van der Waals surface area contributed by atoms with Crippen molar-refractivity contribution < 1.29 is 4.79 Å². The lowest BCUT2D eigenvalue weighted by molar-refractivity contribution is 0.0630. The van der Waals surface area contributed by atoms with Crippen molar-refractivity contribution in [3.05, 3.63) is 29.8 Å². The maximum Gasteiger partial charge on any atom is 0.255 e. The number of hydrogen-bond donors (Lipinski definition) is 1. The molecule has 0 radical (unpaired) electrons. The third-order valence-electron chi connectivity index (χ3n) is 3.76. The lowest BCUT2D eigenvalue weighted by Gasteiger charge is -2.35. The van der Waals surface area contributed by atoms with Gasteiger partial charge in [0.05, 0.1) is 5.56 Å². The summed E-state index contributed by atoms with van der Waals surface area (Å²) in [5.41, 5.74) is 1.70. The summed E-state index contributed by atoms with van der Waals surface area (Å²) in [6, 6.07) is 8.18. The van der Waals surface area contributed by atoms with Crippen LogP contribution in [0.15, 0.2) is 24.3 Å². The van der Waals surface area contributed by atoms with Gasteiger partial charge in [0.1, 0.15) is 0 Å². The smallest absolute Gasteiger partial charge is 0.255 e. The minimum absolute atomic E-state index is 0.0603. The largest absolute Gasteiger partial charge is 0.382 e. The van der Waals surface area contributed by atoms with E-state index in [9.17, 15) is 4.79 Å². The average molecular weight is 276 g/mol. The summed E-state index contributed by atoms with van der Waals surface area (Å²) in [5.74, 6) is 0.0659. The van der Waals surface area contributed by atoms with Crippen LogP contribution in [0.3, 0.4) is 0 Å². The highest BCUT2D eigenvalue weighted by molar-refractivity contribution is 5.99. The van der Waals surface area contributed by atoms with Crippen LogP contribution < -0.4 is 5.32 Å². The van der Waals surface area contributed by atoms with E-state index in [-0.39, 0.29) is 17.4 Å². The Morgan fingerprint density at radius 1 is 1.15 bits per heavy atom. The Hall–Kier alpha value is -1.51. The Morgan fingerprint density at radius 3 is 2.20 bits per heavy atom. The van der Waals surface area contributed by atoms with Crippen LogP contribution in [0.2, 0.25) is 0 Å². The Kier molecular flexibility index (Phi) is 5.21. The molecule has 0 heterocycles. The molecule has 0 aromatic heterocycles. The van der Waals surface area contributed by atoms with Crippen LogP contribution >= 0.6 is 0 Å². The maximum atomic E-state index is 12.7. The number of carbonyl (C=O) groups is 1. The van der Waals surface area contributed by atoms with Crippen LogP contribution in [-0.4, -0.2) is 29.9 Å². The second-order valence-corrected chi connectivity index (χ2v) is 6.80. The molecule has 0 aliphatic carbocycles. The fraction of sp³-hybridized carbons (Fsp3) is 0.588.